The number of ether oxygens (including phenoxy) is 1. The molecule has 1 saturated heterocycles. The first-order chi connectivity index (χ1) is 9.77. The minimum Gasteiger partial charge on any atom is -0.376 e. The van der Waals surface area contributed by atoms with Crippen LogP contribution in [-0.2, 0) is 16.1 Å². The maximum Gasteiger partial charge on any atom is 0.224 e. The summed E-state index contributed by atoms with van der Waals surface area (Å²) in [7, 11) is 1.91. The minimum absolute atomic E-state index is 0. The number of hydrogen-bond acceptors (Lipinski definition) is 3. The van der Waals surface area contributed by atoms with E-state index in [-0.39, 0.29) is 18.3 Å². The van der Waals surface area contributed by atoms with Crippen LogP contribution in [0, 0.1) is 0 Å². The molecular formula is C16H25ClN2O2. The van der Waals surface area contributed by atoms with Gasteiger partial charge in [-0.2, -0.15) is 0 Å². The summed E-state index contributed by atoms with van der Waals surface area (Å²) >= 11 is 0. The molecule has 0 spiro atoms. The first-order valence-corrected chi connectivity index (χ1v) is 7.35. The van der Waals surface area contributed by atoms with Crippen LogP contribution in [0.3, 0.4) is 0 Å². The Kier molecular flexibility index (Phi) is 8.35. The third-order valence-electron chi connectivity index (χ3n) is 3.82. The van der Waals surface area contributed by atoms with E-state index in [0.717, 1.165) is 31.5 Å². The number of halogens is 1. The van der Waals surface area contributed by atoms with Crippen molar-refractivity contribution >= 4 is 18.3 Å². The lowest BCUT2D eigenvalue weighted by Crippen LogP contribution is -2.44. The maximum atomic E-state index is 12.1. The third-order valence-corrected chi connectivity index (χ3v) is 3.82. The summed E-state index contributed by atoms with van der Waals surface area (Å²) in [6, 6.07) is 10.4. The molecule has 0 aromatic heterocycles. The van der Waals surface area contributed by atoms with Crippen LogP contribution < -0.4 is 5.32 Å². The zero-order valence-electron chi connectivity index (χ0n) is 12.6. The van der Waals surface area contributed by atoms with Gasteiger partial charge in [0.2, 0.25) is 5.91 Å². The van der Waals surface area contributed by atoms with Crippen LogP contribution in [0.25, 0.3) is 0 Å². The highest BCUT2D eigenvalue weighted by Gasteiger charge is 2.21. The predicted octanol–water partition coefficient (Wildman–Crippen LogP) is 2.23. The highest BCUT2D eigenvalue weighted by Crippen LogP contribution is 2.11. The van der Waals surface area contributed by atoms with Gasteiger partial charge in [-0.3, -0.25) is 4.79 Å². The molecule has 0 atom stereocenters. The van der Waals surface area contributed by atoms with Gasteiger partial charge in [-0.1, -0.05) is 30.3 Å². The Morgan fingerprint density at radius 2 is 1.95 bits per heavy atom. The molecular weight excluding hydrogens is 288 g/mol. The lowest BCUT2D eigenvalue weighted by molar-refractivity contribution is -0.133. The van der Waals surface area contributed by atoms with E-state index >= 15 is 0 Å². The molecule has 0 bridgehead atoms. The molecule has 1 aliphatic rings. The van der Waals surface area contributed by atoms with Crippen molar-refractivity contribution in [2.75, 3.05) is 26.7 Å². The molecule has 1 amide bonds. The molecule has 0 saturated carbocycles. The van der Waals surface area contributed by atoms with Crippen LogP contribution in [0.2, 0.25) is 0 Å². The van der Waals surface area contributed by atoms with Gasteiger partial charge >= 0.3 is 0 Å². The van der Waals surface area contributed by atoms with Crippen LogP contribution >= 0.6 is 12.4 Å². The van der Waals surface area contributed by atoms with Gasteiger partial charge in [0.1, 0.15) is 0 Å². The Morgan fingerprint density at radius 3 is 2.62 bits per heavy atom. The van der Waals surface area contributed by atoms with Gasteiger partial charge in [0.15, 0.2) is 0 Å². The number of benzene rings is 1. The molecule has 1 aromatic rings. The number of rotatable bonds is 6. The van der Waals surface area contributed by atoms with Crippen molar-refractivity contribution < 1.29 is 9.53 Å². The fourth-order valence-electron chi connectivity index (χ4n) is 2.50. The molecule has 0 aliphatic carbocycles. The van der Waals surface area contributed by atoms with E-state index in [0.29, 0.717) is 25.7 Å². The molecule has 1 aromatic carbocycles. The van der Waals surface area contributed by atoms with Gasteiger partial charge in [-0.25, -0.2) is 0 Å². The van der Waals surface area contributed by atoms with E-state index in [4.69, 9.17) is 4.74 Å². The summed E-state index contributed by atoms with van der Waals surface area (Å²) in [4.78, 5) is 14.0. The van der Waals surface area contributed by atoms with E-state index in [2.05, 4.69) is 5.32 Å². The third kappa shape index (κ3) is 6.04. The molecule has 0 radical (unpaired) electrons. The summed E-state index contributed by atoms with van der Waals surface area (Å²) in [5.74, 6) is 0.185. The van der Waals surface area contributed by atoms with Crippen molar-refractivity contribution in [2.24, 2.45) is 0 Å². The summed E-state index contributed by atoms with van der Waals surface area (Å²) in [6.07, 6.45) is 2.56. The lowest BCUT2D eigenvalue weighted by atomic mass is 10.1. The van der Waals surface area contributed by atoms with Crippen LogP contribution in [0.15, 0.2) is 30.3 Å². The normalized spacial score (nSPS) is 15.3. The first-order valence-electron chi connectivity index (χ1n) is 7.35. The SMILES string of the molecule is CN(C(=O)CCOCc1ccccc1)C1CCNCC1.Cl. The summed E-state index contributed by atoms with van der Waals surface area (Å²) in [5.41, 5.74) is 1.15. The highest BCUT2D eigenvalue weighted by atomic mass is 35.5. The average Bonchev–Trinajstić information content (AvgIpc) is 2.52. The standard InChI is InChI=1S/C16H24N2O2.ClH/c1-18(15-7-10-17-11-8-15)16(19)9-12-20-13-14-5-3-2-4-6-14;/h2-6,15,17H,7-13H2,1H3;1H. The number of hydrogen-bond donors (Lipinski definition) is 1. The Hall–Kier alpha value is -1.10. The molecule has 21 heavy (non-hydrogen) atoms. The van der Waals surface area contributed by atoms with Crippen molar-refractivity contribution in [1.29, 1.82) is 0 Å². The maximum absolute atomic E-state index is 12.1. The number of nitrogens with zero attached hydrogens (tertiary/aromatic N) is 1. The molecule has 0 unspecified atom stereocenters. The largest absolute Gasteiger partial charge is 0.376 e. The molecule has 1 fully saturated rings. The second-order valence-electron chi connectivity index (χ2n) is 5.27. The number of carbonyl (C=O) groups excluding carboxylic acids is 1. The van der Waals surface area contributed by atoms with Gasteiger partial charge in [0.25, 0.3) is 0 Å². The molecule has 1 heterocycles. The zero-order chi connectivity index (χ0) is 14.2. The van der Waals surface area contributed by atoms with Crippen molar-refractivity contribution in [3.8, 4) is 0 Å². The van der Waals surface area contributed by atoms with Crippen LogP contribution in [-0.4, -0.2) is 43.6 Å². The minimum atomic E-state index is 0. The second kappa shape index (κ2) is 9.77. The molecule has 1 N–H and O–H groups in total. The quantitative estimate of drug-likeness (QED) is 0.819. The Morgan fingerprint density at radius 1 is 1.29 bits per heavy atom. The van der Waals surface area contributed by atoms with Gasteiger partial charge in [0, 0.05) is 13.1 Å². The van der Waals surface area contributed by atoms with Gasteiger partial charge in [0.05, 0.1) is 19.6 Å². The van der Waals surface area contributed by atoms with E-state index < -0.39 is 0 Å². The monoisotopic (exact) mass is 312 g/mol. The number of amides is 1. The molecule has 1 aliphatic heterocycles. The van der Waals surface area contributed by atoms with Gasteiger partial charge in [-0.05, 0) is 31.5 Å². The summed E-state index contributed by atoms with van der Waals surface area (Å²) in [5, 5.41) is 3.32. The number of carbonyl (C=O) groups is 1. The fourth-order valence-corrected chi connectivity index (χ4v) is 2.50. The van der Waals surface area contributed by atoms with E-state index in [1.165, 1.54) is 0 Å². The fraction of sp³-hybridized carbons (Fsp3) is 0.562. The lowest BCUT2D eigenvalue weighted by Gasteiger charge is -2.31. The molecule has 5 heteroatoms. The highest BCUT2D eigenvalue weighted by molar-refractivity contribution is 5.85. The Labute approximate surface area is 133 Å². The van der Waals surface area contributed by atoms with Crippen LogP contribution in [0.1, 0.15) is 24.8 Å². The van der Waals surface area contributed by atoms with Gasteiger partial charge in [-0.15, -0.1) is 12.4 Å². The summed E-state index contributed by atoms with van der Waals surface area (Å²) in [6.45, 7) is 3.08. The van der Waals surface area contributed by atoms with Gasteiger partial charge < -0.3 is 15.0 Å². The van der Waals surface area contributed by atoms with E-state index in [9.17, 15) is 4.79 Å². The van der Waals surface area contributed by atoms with Crippen LogP contribution in [0.4, 0.5) is 0 Å². The second-order valence-corrected chi connectivity index (χ2v) is 5.27. The Bertz CT molecular complexity index is 408. The Balaban J connectivity index is 0.00000220. The number of piperidine rings is 1. The van der Waals surface area contributed by atoms with Crippen molar-refractivity contribution in [2.45, 2.75) is 31.9 Å². The van der Waals surface area contributed by atoms with Crippen molar-refractivity contribution in [1.82, 2.24) is 10.2 Å². The average molecular weight is 313 g/mol. The molecule has 4 nitrogen and oxygen atoms in total. The summed E-state index contributed by atoms with van der Waals surface area (Å²) < 4.78 is 5.57. The van der Waals surface area contributed by atoms with E-state index in [1.807, 2.05) is 42.3 Å². The molecule has 2 rings (SSSR count). The van der Waals surface area contributed by atoms with Crippen molar-refractivity contribution in [3.63, 3.8) is 0 Å². The van der Waals surface area contributed by atoms with E-state index in [1.54, 1.807) is 0 Å². The topological polar surface area (TPSA) is 41.6 Å². The zero-order valence-corrected chi connectivity index (χ0v) is 13.4. The number of nitrogens with one attached hydrogen (secondary N) is 1. The predicted molar refractivity (Wildman–Crippen MR) is 86.6 cm³/mol. The molecule has 118 valence electrons. The van der Waals surface area contributed by atoms with Crippen molar-refractivity contribution in [3.05, 3.63) is 35.9 Å². The smallest absolute Gasteiger partial charge is 0.224 e. The first kappa shape index (κ1) is 18.0. The van der Waals surface area contributed by atoms with Crippen LogP contribution in [0.5, 0.6) is 0 Å².